The van der Waals surface area contributed by atoms with Gasteiger partial charge in [0.05, 0.1) is 36.0 Å². The highest BCUT2D eigenvalue weighted by Crippen LogP contribution is 2.35. The number of nitrogens with zero attached hydrogens (tertiary/aromatic N) is 4. The van der Waals surface area contributed by atoms with Crippen LogP contribution in [0.15, 0.2) is 59.7 Å². The standard InChI is InChI=1S/C25H25N5O3S/c1-17(30-12-10-20-18(16-30)7-6-9-23(20)29-34(3,31)32)28-24-14-25(33-2)21(13-19(24)15-26)22-8-4-5-11-27-22/h4-9,11,13-14,29H,10,12,16H2,1-3H3. The number of rotatable bonds is 5. The van der Waals surface area contributed by atoms with Crippen molar-refractivity contribution in [2.45, 2.75) is 19.9 Å². The molecule has 4 rings (SSSR count). The minimum atomic E-state index is -3.35. The molecule has 0 radical (unpaired) electrons. The highest BCUT2D eigenvalue weighted by atomic mass is 32.2. The lowest BCUT2D eigenvalue weighted by Gasteiger charge is -2.31. The molecule has 2 aromatic carbocycles. The largest absolute Gasteiger partial charge is 0.496 e. The number of hydrogen-bond donors (Lipinski definition) is 1. The van der Waals surface area contributed by atoms with Gasteiger partial charge in [-0.05, 0) is 48.7 Å². The molecule has 0 saturated carbocycles. The van der Waals surface area contributed by atoms with Gasteiger partial charge in [-0.1, -0.05) is 18.2 Å². The van der Waals surface area contributed by atoms with E-state index in [-0.39, 0.29) is 0 Å². The van der Waals surface area contributed by atoms with Gasteiger partial charge in [-0.3, -0.25) is 9.71 Å². The van der Waals surface area contributed by atoms with Crippen LogP contribution in [0, 0.1) is 11.3 Å². The van der Waals surface area contributed by atoms with E-state index in [9.17, 15) is 13.7 Å². The van der Waals surface area contributed by atoms with Gasteiger partial charge in [0.2, 0.25) is 10.0 Å². The summed E-state index contributed by atoms with van der Waals surface area (Å²) in [5, 5.41) is 9.78. The number of methoxy groups -OCH3 is 1. The highest BCUT2D eigenvalue weighted by Gasteiger charge is 2.21. The van der Waals surface area contributed by atoms with Crippen molar-refractivity contribution in [3.63, 3.8) is 0 Å². The Morgan fingerprint density at radius 3 is 2.74 bits per heavy atom. The summed E-state index contributed by atoms with van der Waals surface area (Å²) in [4.78, 5) is 11.2. The average Bonchev–Trinajstić information content (AvgIpc) is 2.83. The normalized spacial score (nSPS) is 13.7. The van der Waals surface area contributed by atoms with Crippen molar-refractivity contribution in [3.8, 4) is 23.1 Å². The lowest BCUT2D eigenvalue weighted by molar-refractivity contribution is 0.392. The minimum Gasteiger partial charge on any atom is -0.496 e. The van der Waals surface area contributed by atoms with Crippen LogP contribution < -0.4 is 9.46 Å². The van der Waals surface area contributed by atoms with E-state index >= 15 is 0 Å². The van der Waals surface area contributed by atoms with Gasteiger partial charge in [0, 0.05) is 30.9 Å². The zero-order chi connectivity index (χ0) is 24.3. The Hall–Kier alpha value is -3.90. The van der Waals surface area contributed by atoms with Crippen molar-refractivity contribution in [2.24, 2.45) is 4.99 Å². The summed E-state index contributed by atoms with van der Waals surface area (Å²) >= 11 is 0. The molecule has 1 aliphatic heterocycles. The third-order valence-electron chi connectivity index (χ3n) is 5.68. The third kappa shape index (κ3) is 5.02. The molecule has 0 saturated heterocycles. The molecule has 174 valence electrons. The summed E-state index contributed by atoms with van der Waals surface area (Å²) in [5.41, 5.74) is 5.06. The Balaban J connectivity index is 1.65. The maximum absolute atomic E-state index is 11.7. The Morgan fingerprint density at radius 1 is 1.24 bits per heavy atom. The van der Waals surface area contributed by atoms with Gasteiger partial charge in [-0.25, -0.2) is 13.4 Å². The maximum Gasteiger partial charge on any atom is 0.229 e. The van der Waals surface area contributed by atoms with Crippen LogP contribution in [0.2, 0.25) is 0 Å². The number of nitrogens with one attached hydrogen (secondary N) is 1. The summed E-state index contributed by atoms with van der Waals surface area (Å²) in [6.07, 6.45) is 3.52. The first-order valence-electron chi connectivity index (χ1n) is 10.7. The molecule has 0 atom stereocenters. The molecular weight excluding hydrogens is 450 g/mol. The first-order valence-corrected chi connectivity index (χ1v) is 12.6. The van der Waals surface area contributed by atoms with Gasteiger partial charge >= 0.3 is 0 Å². The Kier molecular flexibility index (Phi) is 6.52. The van der Waals surface area contributed by atoms with Crippen LogP contribution in [0.3, 0.4) is 0 Å². The van der Waals surface area contributed by atoms with Crippen LogP contribution in [0.5, 0.6) is 5.75 Å². The molecular formula is C25H25N5O3S. The van der Waals surface area contributed by atoms with E-state index < -0.39 is 10.0 Å². The SMILES string of the molecule is COc1cc(N=C(C)N2CCc3c(cccc3NS(C)(=O)=O)C2)c(C#N)cc1-c1ccccn1. The number of nitriles is 1. The van der Waals surface area contributed by atoms with E-state index in [4.69, 9.17) is 9.73 Å². The van der Waals surface area contributed by atoms with Crippen molar-refractivity contribution in [1.29, 1.82) is 5.26 Å². The smallest absolute Gasteiger partial charge is 0.229 e. The molecule has 0 unspecified atom stereocenters. The van der Waals surface area contributed by atoms with Crippen LogP contribution >= 0.6 is 0 Å². The number of aliphatic imine (C=N–C) groups is 1. The topological polar surface area (TPSA) is 108 Å². The number of sulfonamides is 1. The number of hydrogen-bond acceptors (Lipinski definition) is 6. The first kappa shape index (κ1) is 23.3. The second-order valence-electron chi connectivity index (χ2n) is 8.04. The molecule has 0 bridgehead atoms. The third-order valence-corrected chi connectivity index (χ3v) is 6.27. The predicted octanol–water partition coefficient (Wildman–Crippen LogP) is 4.11. The maximum atomic E-state index is 11.7. The highest BCUT2D eigenvalue weighted by molar-refractivity contribution is 7.92. The second-order valence-corrected chi connectivity index (χ2v) is 9.79. The number of fused-ring (bicyclic) bond motifs is 1. The Morgan fingerprint density at radius 2 is 2.06 bits per heavy atom. The Bertz CT molecular complexity index is 1400. The molecule has 8 nitrogen and oxygen atoms in total. The quantitative estimate of drug-likeness (QED) is 0.440. The summed E-state index contributed by atoms with van der Waals surface area (Å²) in [7, 11) is -1.77. The van der Waals surface area contributed by atoms with Crippen molar-refractivity contribution in [3.05, 3.63) is 71.4 Å². The van der Waals surface area contributed by atoms with Crippen molar-refractivity contribution in [1.82, 2.24) is 9.88 Å². The molecule has 1 N–H and O–H groups in total. The van der Waals surface area contributed by atoms with Gasteiger partial charge in [-0.2, -0.15) is 5.26 Å². The molecule has 0 aliphatic carbocycles. The fraction of sp³-hybridized carbons (Fsp3) is 0.240. The molecule has 1 aliphatic rings. The van der Waals surface area contributed by atoms with Crippen LogP contribution in [0.4, 0.5) is 11.4 Å². The Labute approximate surface area is 199 Å². The molecule has 0 fully saturated rings. The molecule has 34 heavy (non-hydrogen) atoms. The minimum absolute atomic E-state index is 0.429. The number of ether oxygens (including phenoxy) is 1. The zero-order valence-electron chi connectivity index (χ0n) is 19.2. The van der Waals surface area contributed by atoms with Gasteiger partial charge < -0.3 is 9.64 Å². The van der Waals surface area contributed by atoms with E-state index in [1.807, 2.05) is 37.3 Å². The fourth-order valence-corrected chi connectivity index (χ4v) is 4.66. The van der Waals surface area contributed by atoms with Gasteiger partial charge in [-0.15, -0.1) is 0 Å². The number of amidine groups is 1. The van der Waals surface area contributed by atoms with Crippen molar-refractivity contribution >= 4 is 27.2 Å². The zero-order valence-corrected chi connectivity index (χ0v) is 20.1. The second kappa shape index (κ2) is 9.53. The van der Waals surface area contributed by atoms with Crippen LogP contribution in [0.25, 0.3) is 11.3 Å². The van der Waals surface area contributed by atoms with Crippen LogP contribution in [-0.2, 0) is 23.0 Å². The average molecular weight is 476 g/mol. The van der Waals surface area contributed by atoms with Gasteiger partial charge in [0.15, 0.2) is 0 Å². The summed E-state index contributed by atoms with van der Waals surface area (Å²) in [5.74, 6) is 1.35. The van der Waals surface area contributed by atoms with E-state index in [0.29, 0.717) is 47.9 Å². The van der Waals surface area contributed by atoms with Gasteiger partial charge in [0.25, 0.3) is 0 Å². The summed E-state index contributed by atoms with van der Waals surface area (Å²) in [6.45, 7) is 3.18. The summed E-state index contributed by atoms with van der Waals surface area (Å²) in [6, 6.07) is 17.0. The van der Waals surface area contributed by atoms with E-state index in [2.05, 4.69) is 20.7 Å². The summed E-state index contributed by atoms with van der Waals surface area (Å²) < 4.78 is 31.6. The van der Waals surface area contributed by atoms with E-state index in [1.165, 1.54) is 0 Å². The molecule has 1 aromatic heterocycles. The van der Waals surface area contributed by atoms with Crippen LogP contribution in [0.1, 0.15) is 23.6 Å². The molecule has 0 amide bonds. The predicted molar refractivity (Wildman–Crippen MR) is 133 cm³/mol. The molecule has 3 aromatic rings. The molecule has 9 heteroatoms. The number of aromatic nitrogens is 1. The van der Waals surface area contributed by atoms with Crippen molar-refractivity contribution in [2.75, 3.05) is 24.6 Å². The number of benzene rings is 2. The lowest BCUT2D eigenvalue weighted by Crippen LogP contribution is -2.34. The number of pyridine rings is 1. The van der Waals surface area contributed by atoms with E-state index in [1.54, 1.807) is 31.5 Å². The molecule has 2 heterocycles. The monoisotopic (exact) mass is 475 g/mol. The first-order chi connectivity index (χ1) is 16.3. The van der Waals surface area contributed by atoms with Crippen molar-refractivity contribution < 1.29 is 13.2 Å². The molecule has 0 spiro atoms. The fourth-order valence-electron chi connectivity index (χ4n) is 4.07. The number of anilines is 1. The lowest BCUT2D eigenvalue weighted by atomic mass is 9.98. The van der Waals surface area contributed by atoms with E-state index in [0.717, 1.165) is 28.8 Å². The van der Waals surface area contributed by atoms with Crippen LogP contribution in [-0.4, -0.2) is 44.0 Å². The van der Waals surface area contributed by atoms with Gasteiger partial charge in [0.1, 0.15) is 17.7 Å².